The van der Waals surface area contributed by atoms with Crippen LogP contribution in [0.3, 0.4) is 0 Å². The van der Waals surface area contributed by atoms with Crippen molar-refractivity contribution in [2.24, 2.45) is 5.92 Å². The van der Waals surface area contributed by atoms with Crippen LogP contribution in [0.4, 0.5) is 4.79 Å². The first-order valence-electron chi connectivity index (χ1n) is 7.50. The van der Waals surface area contributed by atoms with Gasteiger partial charge in [0, 0.05) is 6.42 Å². The molecule has 5 heteroatoms. The van der Waals surface area contributed by atoms with Gasteiger partial charge in [0.15, 0.2) is 0 Å². The first kappa shape index (κ1) is 14.8. The molecule has 1 aromatic carbocycles. The Kier molecular flexibility index (Phi) is 3.74. The average molecular weight is 301 g/mol. The number of nitrogens with zero attached hydrogens (tertiary/aromatic N) is 1. The number of carbonyl (C=O) groups is 2. The summed E-state index contributed by atoms with van der Waals surface area (Å²) < 4.78 is 5.36. The summed E-state index contributed by atoms with van der Waals surface area (Å²) in [5, 5.41) is 10.00. The van der Waals surface area contributed by atoms with Crippen molar-refractivity contribution < 1.29 is 19.4 Å². The predicted molar refractivity (Wildman–Crippen MR) is 80.0 cm³/mol. The Morgan fingerprint density at radius 2 is 2.27 bits per heavy atom. The van der Waals surface area contributed by atoms with E-state index in [9.17, 15) is 14.7 Å². The lowest BCUT2D eigenvalue weighted by molar-refractivity contribution is -0.135. The van der Waals surface area contributed by atoms with E-state index in [0.717, 1.165) is 16.0 Å². The quantitative estimate of drug-likeness (QED) is 0.866. The summed E-state index contributed by atoms with van der Waals surface area (Å²) in [7, 11) is 0. The van der Waals surface area contributed by atoms with Crippen molar-refractivity contribution in [1.29, 1.82) is 0 Å². The molecular formula is C17H19NO4. The molecule has 3 rings (SSSR count). The molecule has 116 valence electrons. The lowest BCUT2D eigenvalue weighted by Gasteiger charge is -2.25. The molecule has 4 atom stereocenters. The van der Waals surface area contributed by atoms with Crippen molar-refractivity contribution in [3.63, 3.8) is 0 Å². The van der Waals surface area contributed by atoms with E-state index in [4.69, 9.17) is 4.74 Å². The standard InChI is InChI=1S/C17H19NO4/c1-3-11(13(19)4-2)16(20)18-15-12-8-6-5-7-10(12)9-14(15)22-17(18)21/h3,5-8,11,13-15,19H,1,4,9H2,2H3/t11-,13+,14+,15-/m0/s1. The van der Waals surface area contributed by atoms with Gasteiger partial charge in [-0.2, -0.15) is 0 Å². The Balaban J connectivity index is 1.94. The van der Waals surface area contributed by atoms with Crippen molar-refractivity contribution in [2.45, 2.75) is 38.0 Å². The zero-order chi connectivity index (χ0) is 15.9. The van der Waals surface area contributed by atoms with Crippen LogP contribution in [-0.2, 0) is 16.0 Å². The average Bonchev–Trinajstić information content (AvgIpc) is 3.01. The molecule has 1 aromatic rings. The van der Waals surface area contributed by atoms with Crippen LogP contribution in [0.1, 0.15) is 30.5 Å². The second-order valence-electron chi connectivity index (χ2n) is 5.72. The van der Waals surface area contributed by atoms with Crippen molar-refractivity contribution >= 4 is 12.0 Å². The molecule has 1 N–H and O–H groups in total. The van der Waals surface area contributed by atoms with Crippen LogP contribution in [-0.4, -0.2) is 34.2 Å². The summed E-state index contributed by atoms with van der Waals surface area (Å²) in [4.78, 5) is 26.0. The summed E-state index contributed by atoms with van der Waals surface area (Å²) in [6.07, 6.45) is 0.607. The topological polar surface area (TPSA) is 66.8 Å². The minimum absolute atomic E-state index is 0.335. The summed E-state index contributed by atoms with van der Waals surface area (Å²) >= 11 is 0. The van der Waals surface area contributed by atoms with Gasteiger partial charge in [-0.3, -0.25) is 4.79 Å². The number of hydrogen-bond donors (Lipinski definition) is 1. The van der Waals surface area contributed by atoms with Gasteiger partial charge in [-0.05, 0) is 17.5 Å². The molecule has 1 saturated heterocycles. The Bertz CT molecular complexity index is 627. The Labute approximate surface area is 129 Å². The van der Waals surface area contributed by atoms with Gasteiger partial charge in [-0.25, -0.2) is 9.69 Å². The van der Waals surface area contributed by atoms with E-state index < -0.39 is 30.1 Å². The highest BCUT2D eigenvalue weighted by molar-refractivity contribution is 5.96. The van der Waals surface area contributed by atoms with E-state index in [1.165, 1.54) is 6.08 Å². The smallest absolute Gasteiger partial charge is 0.417 e. The van der Waals surface area contributed by atoms with Gasteiger partial charge in [0.25, 0.3) is 0 Å². The van der Waals surface area contributed by atoms with E-state index in [1.807, 2.05) is 24.3 Å². The predicted octanol–water partition coefficient (Wildman–Crippen LogP) is 2.20. The molecule has 2 aliphatic rings. The maximum Gasteiger partial charge on any atom is 0.417 e. The van der Waals surface area contributed by atoms with Gasteiger partial charge in [0.05, 0.1) is 12.0 Å². The minimum Gasteiger partial charge on any atom is -0.443 e. The summed E-state index contributed by atoms with van der Waals surface area (Å²) in [5.74, 6) is -1.25. The molecule has 0 spiro atoms. The lowest BCUT2D eigenvalue weighted by atomic mass is 9.97. The van der Waals surface area contributed by atoms with Gasteiger partial charge in [-0.15, -0.1) is 6.58 Å². The van der Waals surface area contributed by atoms with Crippen molar-refractivity contribution in [3.05, 3.63) is 48.0 Å². The molecule has 1 fully saturated rings. The van der Waals surface area contributed by atoms with E-state index in [0.29, 0.717) is 12.8 Å². The highest BCUT2D eigenvalue weighted by atomic mass is 16.6. The van der Waals surface area contributed by atoms with Crippen LogP contribution in [0.2, 0.25) is 0 Å². The van der Waals surface area contributed by atoms with E-state index in [-0.39, 0.29) is 6.10 Å². The molecule has 0 aromatic heterocycles. The summed E-state index contributed by atoms with van der Waals surface area (Å²) in [6.45, 7) is 5.40. The minimum atomic E-state index is -0.853. The Hall–Kier alpha value is -2.14. The molecule has 0 saturated carbocycles. The van der Waals surface area contributed by atoms with Crippen LogP contribution in [0.5, 0.6) is 0 Å². The van der Waals surface area contributed by atoms with Gasteiger partial charge < -0.3 is 9.84 Å². The van der Waals surface area contributed by atoms with E-state index >= 15 is 0 Å². The van der Waals surface area contributed by atoms with Crippen molar-refractivity contribution in [2.75, 3.05) is 0 Å². The first-order chi connectivity index (χ1) is 10.6. The number of imide groups is 1. The summed E-state index contributed by atoms with van der Waals surface area (Å²) in [6, 6.07) is 7.32. The lowest BCUT2D eigenvalue weighted by Crippen LogP contribution is -2.42. The monoisotopic (exact) mass is 301 g/mol. The number of aliphatic hydroxyl groups is 1. The highest BCUT2D eigenvalue weighted by Gasteiger charge is 2.51. The molecule has 0 radical (unpaired) electrons. The molecule has 5 nitrogen and oxygen atoms in total. The number of amides is 2. The van der Waals surface area contributed by atoms with E-state index in [1.54, 1.807) is 6.92 Å². The van der Waals surface area contributed by atoms with Crippen LogP contribution in [0.15, 0.2) is 36.9 Å². The number of rotatable bonds is 4. The van der Waals surface area contributed by atoms with Gasteiger partial charge in [0.2, 0.25) is 5.91 Å². The van der Waals surface area contributed by atoms with Crippen molar-refractivity contribution in [1.82, 2.24) is 4.90 Å². The molecule has 1 heterocycles. The molecule has 2 amide bonds. The van der Waals surface area contributed by atoms with Gasteiger partial charge >= 0.3 is 6.09 Å². The molecular weight excluding hydrogens is 282 g/mol. The fourth-order valence-electron chi connectivity index (χ4n) is 3.31. The fraction of sp³-hybridized carbons (Fsp3) is 0.412. The molecule has 0 unspecified atom stereocenters. The number of hydrogen-bond acceptors (Lipinski definition) is 4. The molecule has 22 heavy (non-hydrogen) atoms. The van der Waals surface area contributed by atoms with Crippen LogP contribution in [0.25, 0.3) is 0 Å². The zero-order valence-corrected chi connectivity index (χ0v) is 12.4. The maximum atomic E-state index is 12.7. The first-order valence-corrected chi connectivity index (χ1v) is 7.50. The second kappa shape index (κ2) is 5.57. The number of carbonyl (C=O) groups excluding carboxylic acids is 2. The number of ether oxygens (including phenoxy) is 1. The normalized spacial score (nSPS) is 25.2. The van der Waals surface area contributed by atoms with Crippen LogP contribution in [0, 0.1) is 5.92 Å². The third-order valence-electron chi connectivity index (χ3n) is 4.48. The molecule has 1 aliphatic carbocycles. The Morgan fingerprint density at radius 1 is 1.55 bits per heavy atom. The third-order valence-corrected chi connectivity index (χ3v) is 4.48. The SMILES string of the molecule is C=C[C@H](C(=O)N1C(=O)O[C@@H]2Cc3ccccc3[C@@H]21)[C@H](O)CC. The zero-order valence-electron chi connectivity index (χ0n) is 12.4. The number of aliphatic hydroxyl groups excluding tert-OH is 1. The van der Waals surface area contributed by atoms with Crippen LogP contribution >= 0.6 is 0 Å². The third kappa shape index (κ3) is 2.13. The largest absolute Gasteiger partial charge is 0.443 e. The fourth-order valence-corrected chi connectivity index (χ4v) is 3.31. The molecule has 1 aliphatic heterocycles. The van der Waals surface area contributed by atoms with Gasteiger partial charge in [-0.1, -0.05) is 37.3 Å². The van der Waals surface area contributed by atoms with Gasteiger partial charge in [0.1, 0.15) is 12.1 Å². The van der Waals surface area contributed by atoms with Crippen LogP contribution < -0.4 is 0 Å². The highest BCUT2D eigenvalue weighted by Crippen LogP contribution is 2.43. The Morgan fingerprint density at radius 3 is 2.95 bits per heavy atom. The maximum absolute atomic E-state index is 12.7. The van der Waals surface area contributed by atoms with Crippen molar-refractivity contribution in [3.8, 4) is 0 Å². The summed E-state index contributed by atoms with van der Waals surface area (Å²) in [5.41, 5.74) is 2.04. The van der Waals surface area contributed by atoms with E-state index in [2.05, 4.69) is 6.58 Å². The number of benzene rings is 1. The number of fused-ring (bicyclic) bond motifs is 3. The second-order valence-corrected chi connectivity index (χ2v) is 5.72. The molecule has 0 bridgehead atoms.